The number of aryl methyl sites for hydroxylation is 2. The molecule has 5 nitrogen and oxygen atoms in total. The number of rotatable bonds is 3. The molecule has 0 heterocycles. The number of carbonyl (C=O) groups is 2. The number of hydrazine groups is 1. The fourth-order valence-corrected chi connectivity index (χ4v) is 1.15. The Labute approximate surface area is 100 Å². The Morgan fingerprint density at radius 3 is 2.47 bits per heavy atom. The molecule has 0 saturated carbocycles. The third-order valence-electron chi connectivity index (χ3n) is 2.23. The third-order valence-corrected chi connectivity index (χ3v) is 2.23. The van der Waals surface area contributed by atoms with Crippen molar-refractivity contribution in [2.24, 2.45) is 0 Å². The average molecular weight is 236 g/mol. The molecule has 92 valence electrons. The van der Waals surface area contributed by atoms with E-state index in [1.807, 2.05) is 26.0 Å². The number of hydrogen-bond donors (Lipinski definition) is 2. The van der Waals surface area contributed by atoms with Crippen LogP contribution >= 0.6 is 0 Å². The van der Waals surface area contributed by atoms with E-state index in [-0.39, 0.29) is 12.5 Å². The number of benzene rings is 1. The van der Waals surface area contributed by atoms with Gasteiger partial charge in [0.05, 0.1) is 0 Å². The summed E-state index contributed by atoms with van der Waals surface area (Å²) in [7, 11) is 0. The lowest BCUT2D eigenvalue weighted by Crippen LogP contribution is -2.42. The third kappa shape index (κ3) is 4.55. The summed E-state index contributed by atoms with van der Waals surface area (Å²) < 4.78 is 5.27. The molecule has 0 aliphatic rings. The van der Waals surface area contributed by atoms with Gasteiger partial charge in [0.25, 0.3) is 5.91 Å². The minimum atomic E-state index is -0.404. The molecule has 0 atom stereocenters. The highest BCUT2D eigenvalue weighted by atomic mass is 16.5. The summed E-state index contributed by atoms with van der Waals surface area (Å²) in [5.74, 6) is -0.103. The van der Waals surface area contributed by atoms with E-state index in [0.29, 0.717) is 5.75 Å². The SMILES string of the molecule is CC(=O)NNC(=O)COc1ccc(C)c(C)c1. The molecule has 1 aromatic carbocycles. The van der Waals surface area contributed by atoms with Crippen LogP contribution in [0.25, 0.3) is 0 Å². The molecule has 0 fully saturated rings. The van der Waals surface area contributed by atoms with Crippen LogP contribution in [-0.4, -0.2) is 18.4 Å². The van der Waals surface area contributed by atoms with Gasteiger partial charge in [-0.25, -0.2) is 0 Å². The van der Waals surface area contributed by atoms with Crippen LogP contribution in [-0.2, 0) is 9.59 Å². The molecule has 1 aromatic rings. The summed E-state index contributed by atoms with van der Waals surface area (Å²) in [5, 5.41) is 0. The van der Waals surface area contributed by atoms with Crippen molar-refractivity contribution in [2.75, 3.05) is 6.61 Å². The maximum atomic E-state index is 11.2. The summed E-state index contributed by atoms with van der Waals surface area (Å²) in [6, 6.07) is 5.59. The standard InChI is InChI=1S/C12H16N2O3/c1-8-4-5-11(6-9(8)2)17-7-12(16)14-13-10(3)15/h4-6H,7H2,1-3H3,(H,13,15)(H,14,16). The zero-order valence-corrected chi connectivity index (χ0v) is 10.2. The van der Waals surface area contributed by atoms with E-state index in [9.17, 15) is 9.59 Å². The first-order valence-electron chi connectivity index (χ1n) is 5.24. The van der Waals surface area contributed by atoms with Gasteiger partial charge < -0.3 is 4.74 Å². The molecule has 5 heteroatoms. The molecule has 2 amide bonds. The first kappa shape index (κ1) is 13.0. The highest BCUT2D eigenvalue weighted by Gasteiger charge is 2.03. The number of carbonyl (C=O) groups excluding carboxylic acids is 2. The lowest BCUT2D eigenvalue weighted by Gasteiger charge is -2.08. The van der Waals surface area contributed by atoms with Gasteiger partial charge in [0.2, 0.25) is 5.91 Å². The Bertz CT molecular complexity index is 430. The van der Waals surface area contributed by atoms with E-state index in [2.05, 4.69) is 10.9 Å². The van der Waals surface area contributed by atoms with Crippen LogP contribution in [0.15, 0.2) is 18.2 Å². The van der Waals surface area contributed by atoms with Crippen LogP contribution < -0.4 is 15.6 Å². The molecule has 0 saturated heterocycles. The second kappa shape index (κ2) is 5.89. The van der Waals surface area contributed by atoms with Gasteiger partial charge in [0.15, 0.2) is 6.61 Å². The van der Waals surface area contributed by atoms with Gasteiger partial charge in [-0.1, -0.05) is 6.07 Å². The molecule has 0 bridgehead atoms. The normalized spacial score (nSPS) is 9.59. The van der Waals surface area contributed by atoms with Crippen LogP contribution in [0.1, 0.15) is 18.1 Å². The molecular formula is C12H16N2O3. The molecule has 0 aliphatic carbocycles. The highest BCUT2D eigenvalue weighted by molar-refractivity contribution is 5.81. The van der Waals surface area contributed by atoms with Crippen molar-refractivity contribution in [3.05, 3.63) is 29.3 Å². The number of hydrogen-bond acceptors (Lipinski definition) is 3. The summed E-state index contributed by atoms with van der Waals surface area (Å²) in [6.07, 6.45) is 0. The number of amides is 2. The van der Waals surface area contributed by atoms with Crippen molar-refractivity contribution in [1.29, 1.82) is 0 Å². The van der Waals surface area contributed by atoms with Crippen LogP contribution in [0, 0.1) is 13.8 Å². The van der Waals surface area contributed by atoms with E-state index < -0.39 is 5.91 Å². The van der Waals surface area contributed by atoms with Gasteiger partial charge in [-0.15, -0.1) is 0 Å². The van der Waals surface area contributed by atoms with Gasteiger partial charge in [-0.3, -0.25) is 20.4 Å². The molecule has 0 radical (unpaired) electrons. The minimum absolute atomic E-state index is 0.136. The van der Waals surface area contributed by atoms with Crippen molar-refractivity contribution < 1.29 is 14.3 Å². The highest BCUT2D eigenvalue weighted by Crippen LogP contribution is 2.15. The first-order valence-corrected chi connectivity index (χ1v) is 5.24. The second-order valence-corrected chi connectivity index (χ2v) is 3.76. The summed E-state index contributed by atoms with van der Waals surface area (Å²) in [4.78, 5) is 21.8. The molecule has 1 rings (SSSR count). The van der Waals surface area contributed by atoms with E-state index in [4.69, 9.17) is 4.74 Å². The van der Waals surface area contributed by atoms with Crippen LogP contribution in [0.5, 0.6) is 5.75 Å². The zero-order valence-electron chi connectivity index (χ0n) is 10.2. The van der Waals surface area contributed by atoms with Gasteiger partial charge in [0, 0.05) is 6.92 Å². The molecule has 0 spiro atoms. The van der Waals surface area contributed by atoms with Crippen molar-refractivity contribution in [3.8, 4) is 5.75 Å². The van der Waals surface area contributed by atoms with Gasteiger partial charge >= 0.3 is 0 Å². The van der Waals surface area contributed by atoms with Crippen LogP contribution in [0.2, 0.25) is 0 Å². The molecule has 17 heavy (non-hydrogen) atoms. The maximum Gasteiger partial charge on any atom is 0.276 e. The average Bonchev–Trinajstić information content (AvgIpc) is 2.28. The molecule has 2 N–H and O–H groups in total. The maximum absolute atomic E-state index is 11.2. The van der Waals surface area contributed by atoms with Crippen molar-refractivity contribution in [3.63, 3.8) is 0 Å². The van der Waals surface area contributed by atoms with E-state index in [0.717, 1.165) is 5.56 Å². The summed E-state index contributed by atoms with van der Waals surface area (Å²) in [6.45, 7) is 5.15. The lowest BCUT2D eigenvalue weighted by molar-refractivity contribution is -0.129. The predicted molar refractivity (Wildman–Crippen MR) is 63.4 cm³/mol. The Kier molecular flexibility index (Phi) is 4.51. The van der Waals surface area contributed by atoms with Crippen molar-refractivity contribution in [1.82, 2.24) is 10.9 Å². The summed E-state index contributed by atoms with van der Waals surface area (Å²) >= 11 is 0. The van der Waals surface area contributed by atoms with Crippen molar-refractivity contribution >= 4 is 11.8 Å². The molecule has 0 aromatic heterocycles. The van der Waals surface area contributed by atoms with E-state index >= 15 is 0 Å². The fourth-order valence-electron chi connectivity index (χ4n) is 1.15. The van der Waals surface area contributed by atoms with Gasteiger partial charge in [-0.2, -0.15) is 0 Å². The predicted octanol–water partition coefficient (Wildman–Crippen LogP) is 0.850. The monoisotopic (exact) mass is 236 g/mol. The fraction of sp³-hybridized carbons (Fsp3) is 0.333. The molecule has 0 unspecified atom stereocenters. The molecule has 0 aliphatic heterocycles. The first-order chi connectivity index (χ1) is 7.99. The Balaban J connectivity index is 2.42. The second-order valence-electron chi connectivity index (χ2n) is 3.76. The Morgan fingerprint density at radius 2 is 1.88 bits per heavy atom. The topological polar surface area (TPSA) is 67.4 Å². The van der Waals surface area contributed by atoms with Crippen molar-refractivity contribution in [2.45, 2.75) is 20.8 Å². The molecular weight excluding hydrogens is 220 g/mol. The minimum Gasteiger partial charge on any atom is -0.484 e. The Morgan fingerprint density at radius 1 is 1.18 bits per heavy atom. The summed E-state index contributed by atoms with van der Waals surface area (Å²) in [5.41, 5.74) is 6.67. The Hall–Kier alpha value is -2.04. The van der Waals surface area contributed by atoms with Gasteiger partial charge in [0.1, 0.15) is 5.75 Å². The van der Waals surface area contributed by atoms with E-state index in [1.165, 1.54) is 12.5 Å². The van der Waals surface area contributed by atoms with Crippen LogP contribution in [0.3, 0.4) is 0 Å². The van der Waals surface area contributed by atoms with E-state index in [1.54, 1.807) is 6.07 Å². The number of ether oxygens (including phenoxy) is 1. The largest absolute Gasteiger partial charge is 0.484 e. The number of nitrogens with one attached hydrogen (secondary N) is 2. The lowest BCUT2D eigenvalue weighted by atomic mass is 10.1. The smallest absolute Gasteiger partial charge is 0.276 e. The van der Waals surface area contributed by atoms with Gasteiger partial charge in [-0.05, 0) is 37.1 Å². The quantitative estimate of drug-likeness (QED) is 0.764. The zero-order chi connectivity index (χ0) is 12.8. The van der Waals surface area contributed by atoms with Crippen LogP contribution in [0.4, 0.5) is 0 Å².